The molecule has 0 aromatic rings. The van der Waals surface area contributed by atoms with Gasteiger partial charge in [-0.1, -0.05) is 0 Å². The van der Waals surface area contributed by atoms with Crippen molar-refractivity contribution in [2.75, 3.05) is 6.61 Å². The fourth-order valence-electron chi connectivity index (χ4n) is 0.471. The number of hydrogen-bond donors (Lipinski definition) is 1. The van der Waals surface area contributed by atoms with Crippen molar-refractivity contribution in [1.82, 2.24) is 0 Å². The zero-order valence-electron chi connectivity index (χ0n) is 5.54. The summed E-state index contributed by atoms with van der Waals surface area (Å²) in [7, 11) is 0. The van der Waals surface area contributed by atoms with Gasteiger partial charge < -0.3 is 4.84 Å². The smallest absolute Gasteiger partial charge is 0.304 e. The topological polar surface area (TPSA) is 35.2 Å². The van der Waals surface area contributed by atoms with E-state index in [1.165, 1.54) is 0 Å². The van der Waals surface area contributed by atoms with Crippen molar-refractivity contribution in [1.29, 1.82) is 0 Å². The number of hydrogen-bond acceptors (Lipinski definition) is 2. The molecule has 0 bridgehead atoms. The van der Waals surface area contributed by atoms with Crippen LogP contribution in [0.25, 0.3) is 0 Å². The number of rotatable bonds is 2. The predicted molar refractivity (Wildman–Crippen MR) is 25.7 cm³/mol. The zero-order chi connectivity index (χ0) is 9.99. The minimum Gasteiger partial charge on any atom is -0.304 e. The van der Waals surface area contributed by atoms with Gasteiger partial charge in [-0.2, -0.15) is 26.3 Å². The van der Waals surface area contributed by atoms with Gasteiger partial charge in [-0.05, 0) is 0 Å². The van der Waals surface area contributed by atoms with E-state index < -0.39 is 24.9 Å². The van der Waals surface area contributed by atoms with E-state index in [0.29, 0.717) is 0 Å². The van der Waals surface area contributed by atoms with Gasteiger partial charge in [-0.3, -0.25) is 0 Å². The number of alkyl halides is 6. The van der Waals surface area contributed by atoms with E-state index in [1.54, 1.807) is 0 Å². The van der Waals surface area contributed by atoms with Crippen molar-refractivity contribution in [3.63, 3.8) is 0 Å². The largest absolute Gasteiger partial charge is 0.402 e. The Balaban J connectivity index is 4.45. The lowest BCUT2D eigenvalue weighted by Gasteiger charge is -2.21. The molecule has 0 amide bonds. The van der Waals surface area contributed by atoms with Gasteiger partial charge >= 0.3 is 12.4 Å². The first-order valence-corrected chi connectivity index (χ1v) is 2.64. The average Bonchev–Trinajstić information content (AvgIpc) is 1.77. The van der Waals surface area contributed by atoms with Crippen LogP contribution in [0.4, 0.5) is 26.3 Å². The lowest BCUT2D eigenvalue weighted by molar-refractivity contribution is -0.294. The molecule has 0 radical (unpaired) electrons. The van der Waals surface area contributed by atoms with Crippen LogP contribution in [0.5, 0.6) is 0 Å². The van der Waals surface area contributed by atoms with Crippen LogP contribution in [0, 0.1) is 5.92 Å². The normalized spacial score (nSPS) is 14.0. The molecule has 0 saturated carbocycles. The maximum Gasteiger partial charge on any atom is 0.402 e. The highest BCUT2D eigenvalue weighted by Crippen LogP contribution is 2.38. The lowest BCUT2D eigenvalue weighted by atomic mass is 10.1. The molecule has 0 aliphatic heterocycles. The summed E-state index contributed by atoms with van der Waals surface area (Å²) in [5.41, 5.74) is 0. The van der Waals surface area contributed by atoms with Gasteiger partial charge in [0.2, 0.25) is 0 Å². The van der Waals surface area contributed by atoms with Crippen molar-refractivity contribution in [2.24, 2.45) is 11.8 Å². The summed E-state index contributed by atoms with van der Waals surface area (Å²) in [6.45, 7) is -1.62. The second kappa shape index (κ2) is 3.48. The highest BCUT2D eigenvalue weighted by molar-refractivity contribution is 4.74. The molecule has 0 atom stereocenters. The van der Waals surface area contributed by atoms with Crippen LogP contribution in [0.15, 0.2) is 0 Å². The van der Waals surface area contributed by atoms with E-state index in [4.69, 9.17) is 0 Å². The van der Waals surface area contributed by atoms with Crippen LogP contribution in [0.3, 0.4) is 0 Å². The fourth-order valence-corrected chi connectivity index (χ4v) is 0.471. The van der Waals surface area contributed by atoms with E-state index in [2.05, 4.69) is 10.7 Å². The minimum atomic E-state index is -5.38. The zero-order valence-corrected chi connectivity index (χ0v) is 5.54. The lowest BCUT2D eigenvalue weighted by Crippen LogP contribution is -2.40. The Hall–Kier alpha value is -0.500. The fraction of sp³-hybridized carbons (Fsp3) is 1.00. The summed E-state index contributed by atoms with van der Waals surface area (Å²) >= 11 is 0. The molecule has 0 fully saturated rings. The maximum atomic E-state index is 11.5. The minimum absolute atomic E-state index is 1.62. The molecule has 0 unspecified atom stereocenters. The molecule has 74 valence electrons. The Morgan fingerprint density at radius 1 is 1.00 bits per heavy atom. The standard InChI is InChI=1S/C4H5F6NO/c5-3(6,7)2(1-12-11)4(8,9)10/h2H,1,11H2. The predicted octanol–water partition coefficient (Wildman–Crippen LogP) is 1.62. The Bertz CT molecular complexity index is 125. The van der Waals surface area contributed by atoms with Crippen LogP contribution in [0.2, 0.25) is 0 Å². The molecule has 0 aliphatic rings. The molecule has 2 N–H and O–H groups in total. The van der Waals surface area contributed by atoms with Gasteiger partial charge in [0.15, 0.2) is 5.92 Å². The molecule has 0 aromatic heterocycles. The van der Waals surface area contributed by atoms with E-state index in [-0.39, 0.29) is 0 Å². The monoisotopic (exact) mass is 197 g/mol. The van der Waals surface area contributed by atoms with Crippen molar-refractivity contribution in [3.8, 4) is 0 Å². The first-order chi connectivity index (χ1) is 5.19. The molecular formula is C4H5F6NO. The quantitative estimate of drug-likeness (QED) is 0.539. The van der Waals surface area contributed by atoms with E-state index in [0.717, 1.165) is 0 Å². The average molecular weight is 197 g/mol. The van der Waals surface area contributed by atoms with Crippen LogP contribution < -0.4 is 5.90 Å². The second-order valence-corrected chi connectivity index (χ2v) is 1.97. The SMILES string of the molecule is NOCC(C(F)(F)F)C(F)(F)F. The Labute approximate surface area is 63.2 Å². The molecule has 0 rings (SSSR count). The van der Waals surface area contributed by atoms with E-state index >= 15 is 0 Å². The molecule has 0 heterocycles. The highest BCUT2D eigenvalue weighted by Gasteiger charge is 2.56. The number of nitrogens with two attached hydrogens (primary N) is 1. The number of halogens is 6. The van der Waals surface area contributed by atoms with Gasteiger partial charge in [0, 0.05) is 0 Å². The summed E-state index contributed by atoms with van der Waals surface area (Å²) in [6, 6.07) is 0. The molecule has 8 heteroatoms. The maximum absolute atomic E-state index is 11.5. The van der Waals surface area contributed by atoms with E-state index in [9.17, 15) is 26.3 Å². The molecule has 2 nitrogen and oxygen atoms in total. The third-order valence-electron chi connectivity index (χ3n) is 1.05. The van der Waals surface area contributed by atoms with E-state index in [1.807, 2.05) is 0 Å². The van der Waals surface area contributed by atoms with Crippen LogP contribution in [-0.4, -0.2) is 19.0 Å². The third-order valence-corrected chi connectivity index (χ3v) is 1.05. The molecule has 0 saturated heterocycles. The molecule has 0 aromatic carbocycles. The molecule has 0 spiro atoms. The summed E-state index contributed by atoms with van der Waals surface area (Å²) in [5.74, 6) is 0.604. The molecule has 12 heavy (non-hydrogen) atoms. The van der Waals surface area contributed by atoms with Crippen LogP contribution in [-0.2, 0) is 4.84 Å². The Morgan fingerprint density at radius 2 is 1.33 bits per heavy atom. The van der Waals surface area contributed by atoms with Gasteiger partial charge in [-0.25, -0.2) is 5.90 Å². The first-order valence-electron chi connectivity index (χ1n) is 2.64. The Kier molecular flexibility index (Phi) is 3.34. The highest BCUT2D eigenvalue weighted by atomic mass is 19.4. The van der Waals surface area contributed by atoms with Gasteiger partial charge in [-0.15, -0.1) is 0 Å². The summed E-state index contributed by atoms with van der Waals surface area (Å²) in [6.07, 6.45) is -10.8. The second-order valence-electron chi connectivity index (χ2n) is 1.97. The molecular weight excluding hydrogens is 192 g/mol. The summed E-state index contributed by atoms with van der Waals surface area (Å²) < 4.78 is 69.3. The van der Waals surface area contributed by atoms with Crippen LogP contribution in [0.1, 0.15) is 0 Å². The van der Waals surface area contributed by atoms with Gasteiger partial charge in [0.05, 0.1) is 6.61 Å². The first kappa shape index (κ1) is 11.5. The van der Waals surface area contributed by atoms with Crippen molar-refractivity contribution >= 4 is 0 Å². The Morgan fingerprint density at radius 3 is 1.42 bits per heavy atom. The summed E-state index contributed by atoms with van der Waals surface area (Å²) in [5, 5.41) is 0. The van der Waals surface area contributed by atoms with Crippen LogP contribution >= 0.6 is 0 Å². The van der Waals surface area contributed by atoms with Crippen molar-refractivity contribution < 1.29 is 31.2 Å². The van der Waals surface area contributed by atoms with Gasteiger partial charge in [0.25, 0.3) is 0 Å². The summed E-state index contributed by atoms with van der Waals surface area (Å²) in [4.78, 5) is 3.32. The third kappa shape index (κ3) is 3.26. The van der Waals surface area contributed by atoms with Crippen molar-refractivity contribution in [3.05, 3.63) is 0 Å². The van der Waals surface area contributed by atoms with Crippen molar-refractivity contribution in [2.45, 2.75) is 12.4 Å². The molecule has 0 aliphatic carbocycles. The van der Waals surface area contributed by atoms with Gasteiger partial charge in [0.1, 0.15) is 0 Å².